The Morgan fingerprint density at radius 3 is 1.67 bits per heavy atom. The number of pyridine rings is 2. The van der Waals surface area contributed by atoms with Crippen LogP contribution in [0.5, 0.6) is 0 Å². The van der Waals surface area contributed by atoms with Gasteiger partial charge >= 0.3 is 0 Å². The molecule has 0 unspecified atom stereocenters. The van der Waals surface area contributed by atoms with Crippen LogP contribution >= 0.6 is 0 Å². The smallest absolute Gasteiger partial charge is 0.143 e. The largest absolute Gasteiger partial charge is 0.455 e. The first kappa shape index (κ1) is 26.6. The minimum absolute atomic E-state index is 0.0673. The van der Waals surface area contributed by atoms with Crippen molar-refractivity contribution < 1.29 is 4.42 Å². The molecular formula is C43H30N2O. The Kier molecular flexibility index (Phi) is 5.85. The van der Waals surface area contributed by atoms with Crippen molar-refractivity contribution in [2.45, 2.75) is 19.3 Å². The monoisotopic (exact) mass is 590 g/mol. The molecule has 0 amide bonds. The predicted molar refractivity (Wildman–Crippen MR) is 189 cm³/mol. The number of rotatable bonds is 4. The third-order valence-corrected chi connectivity index (χ3v) is 9.66. The first-order valence-electron chi connectivity index (χ1n) is 15.7. The molecule has 9 rings (SSSR count). The van der Waals surface area contributed by atoms with E-state index in [4.69, 9.17) is 4.42 Å². The zero-order chi connectivity index (χ0) is 30.8. The van der Waals surface area contributed by atoms with Gasteiger partial charge in [0.2, 0.25) is 0 Å². The highest BCUT2D eigenvalue weighted by Crippen LogP contribution is 2.53. The maximum atomic E-state index is 6.99. The molecule has 3 heteroatoms. The molecule has 5 aromatic carbocycles. The van der Waals surface area contributed by atoms with Crippen molar-refractivity contribution in [2.75, 3.05) is 0 Å². The van der Waals surface area contributed by atoms with Gasteiger partial charge in [0, 0.05) is 63.2 Å². The normalized spacial score (nSPS) is 13.2. The lowest BCUT2D eigenvalue weighted by molar-refractivity contribution is 0.660. The van der Waals surface area contributed by atoms with E-state index < -0.39 is 0 Å². The maximum Gasteiger partial charge on any atom is 0.143 e. The van der Waals surface area contributed by atoms with E-state index in [9.17, 15) is 0 Å². The van der Waals surface area contributed by atoms with E-state index in [2.05, 4.69) is 133 Å². The van der Waals surface area contributed by atoms with Crippen LogP contribution in [0, 0.1) is 0 Å². The van der Waals surface area contributed by atoms with Gasteiger partial charge in [-0.25, -0.2) is 0 Å². The minimum atomic E-state index is -0.0673. The molecule has 0 radical (unpaired) electrons. The summed E-state index contributed by atoms with van der Waals surface area (Å²) in [6.07, 6.45) is 7.45. The number of fused-ring (bicyclic) bond motifs is 6. The van der Waals surface area contributed by atoms with Crippen LogP contribution in [-0.2, 0) is 5.41 Å². The summed E-state index contributed by atoms with van der Waals surface area (Å²) in [6.45, 7) is 4.66. The topological polar surface area (TPSA) is 38.9 Å². The van der Waals surface area contributed by atoms with E-state index in [0.717, 1.165) is 60.9 Å². The van der Waals surface area contributed by atoms with Gasteiger partial charge in [-0.3, -0.25) is 9.97 Å². The van der Waals surface area contributed by atoms with E-state index in [1.807, 2.05) is 36.9 Å². The third kappa shape index (κ3) is 3.98. The summed E-state index contributed by atoms with van der Waals surface area (Å²) in [4.78, 5) is 8.80. The Morgan fingerprint density at radius 2 is 1.00 bits per heavy atom. The van der Waals surface area contributed by atoms with Gasteiger partial charge in [0.05, 0.1) is 0 Å². The van der Waals surface area contributed by atoms with Crippen molar-refractivity contribution in [3.8, 4) is 55.6 Å². The summed E-state index contributed by atoms with van der Waals surface area (Å²) in [5.41, 5.74) is 15.9. The van der Waals surface area contributed by atoms with Crippen LogP contribution in [-0.4, -0.2) is 9.97 Å². The summed E-state index contributed by atoms with van der Waals surface area (Å²) in [7, 11) is 0. The summed E-state index contributed by atoms with van der Waals surface area (Å²) in [5, 5.41) is 2.23. The molecule has 8 aromatic rings. The van der Waals surface area contributed by atoms with Gasteiger partial charge in [-0.1, -0.05) is 105 Å². The number of aromatic nitrogens is 2. The molecule has 46 heavy (non-hydrogen) atoms. The highest BCUT2D eigenvalue weighted by Gasteiger charge is 2.36. The van der Waals surface area contributed by atoms with Crippen LogP contribution in [0.25, 0.3) is 77.6 Å². The average molecular weight is 591 g/mol. The van der Waals surface area contributed by atoms with Crippen LogP contribution < -0.4 is 0 Å². The van der Waals surface area contributed by atoms with Crippen molar-refractivity contribution in [2.24, 2.45) is 0 Å². The van der Waals surface area contributed by atoms with Gasteiger partial charge in [-0.2, -0.15) is 0 Å². The number of hydrogen-bond donors (Lipinski definition) is 0. The Hall–Kier alpha value is -5.80. The molecule has 0 bridgehead atoms. The molecule has 1 aliphatic carbocycles. The van der Waals surface area contributed by atoms with Gasteiger partial charge in [0.15, 0.2) is 0 Å². The van der Waals surface area contributed by atoms with E-state index in [1.54, 1.807) is 0 Å². The second-order valence-electron chi connectivity index (χ2n) is 12.6. The van der Waals surface area contributed by atoms with E-state index in [0.29, 0.717) is 0 Å². The summed E-state index contributed by atoms with van der Waals surface area (Å²) in [6, 6.07) is 43.4. The van der Waals surface area contributed by atoms with Crippen molar-refractivity contribution in [3.05, 3.63) is 157 Å². The fraction of sp³-hybridized carbons (Fsp3) is 0.0698. The van der Waals surface area contributed by atoms with Crippen LogP contribution in [0.2, 0.25) is 0 Å². The Morgan fingerprint density at radius 1 is 0.457 bits per heavy atom. The van der Waals surface area contributed by atoms with E-state index in [-0.39, 0.29) is 5.41 Å². The van der Waals surface area contributed by atoms with Crippen molar-refractivity contribution in [1.82, 2.24) is 9.97 Å². The lowest BCUT2D eigenvalue weighted by Gasteiger charge is -2.21. The van der Waals surface area contributed by atoms with E-state index >= 15 is 0 Å². The minimum Gasteiger partial charge on any atom is -0.455 e. The lowest BCUT2D eigenvalue weighted by Crippen LogP contribution is -2.14. The molecule has 3 heterocycles. The molecule has 0 aliphatic heterocycles. The number of nitrogens with zero attached hydrogens (tertiary/aromatic N) is 2. The van der Waals surface area contributed by atoms with Crippen LogP contribution in [0.3, 0.4) is 0 Å². The molecule has 0 N–H and O–H groups in total. The first-order valence-corrected chi connectivity index (χ1v) is 15.7. The van der Waals surface area contributed by atoms with Gasteiger partial charge < -0.3 is 4.42 Å². The molecule has 0 spiro atoms. The molecule has 0 saturated carbocycles. The number of benzene rings is 5. The van der Waals surface area contributed by atoms with Crippen molar-refractivity contribution in [1.29, 1.82) is 0 Å². The summed E-state index contributed by atoms with van der Waals surface area (Å²) >= 11 is 0. The van der Waals surface area contributed by atoms with Crippen LogP contribution in [0.4, 0.5) is 0 Å². The zero-order valence-electron chi connectivity index (χ0n) is 25.7. The average Bonchev–Trinajstić information content (AvgIpc) is 3.61. The molecule has 3 aromatic heterocycles. The lowest BCUT2D eigenvalue weighted by atomic mass is 9.82. The zero-order valence-corrected chi connectivity index (χ0v) is 25.7. The SMILES string of the molecule is CC1(C)c2ccccc2-c2c(-c3cccc4c3oc3c(-c5cc(-c6cccnc6)cc(-c6cccnc6)c5)cccc34)cccc21. The summed E-state index contributed by atoms with van der Waals surface area (Å²) < 4.78 is 6.99. The number of furan rings is 1. The fourth-order valence-corrected chi connectivity index (χ4v) is 7.42. The number of para-hydroxylation sites is 2. The molecule has 0 atom stereocenters. The number of hydrogen-bond acceptors (Lipinski definition) is 3. The Balaban J connectivity index is 1.28. The Bertz CT molecular complexity index is 2380. The summed E-state index contributed by atoms with van der Waals surface area (Å²) in [5.74, 6) is 0. The van der Waals surface area contributed by atoms with Gasteiger partial charge in [0.1, 0.15) is 11.2 Å². The highest BCUT2D eigenvalue weighted by atomic mass is 16.3. The van der Waals surface area contributed by atoms with Gasteiger partial charge in [-0.15, -0.1) is 0 Å². The molecule has 0 saturated heterocycles. The maximum absolute atomic E-state index is 6.99. The quantitative estimate of drug-likeness (QED) is 0.205. The van der Waals surface area contributed by atoms with Crippen LogP contribution in [0.15, 0.2) is 151 Å². The van der Waals surface area contributed by atoms with Crippen molar-refractivity contribution >= 4 is 21.9 Å². The van der Waals surface area contributed by atoms with E-state index in [1.165, 1.54) is 27.8 Å². The molecule has 0 fully saturated rings. The molecule has 218 valence electrons. The molecular weight excluding hydrogens is 560 g/mol. The predicted octanol–water partition coefficient (Wildman–Crippen LogP) is 11.4. The second-order valence-corrected chi connectivity index (χ2v) is 12.6. The van der Waals surface area contributed by atoms with Gasteiger partial charge in [0.25, 0.3) is 0 Å². The van der Waals surface area contributed by atoms with Gasteiger partial charge in [-0.05, 0) is 74.8 Å². The first-order chi connectivity index (χ1) is 22.6. The Labute approximate surface area is 267 Å². The standard InChI is InChI=1S/C43H30N2O/c1-43(2)38-18-4-3-12-37(38)40-33(14-7-19-39(40)43)34-15-6-17-36-35-16-5-13-32(41(35)46-42(34)36)31-23-29(27-10-8-20-44-25-27)22-30(24-31)28-11-9-21-45-26-28/h3-26H,1-2H3. The fourth-order valence-electron chi connectivity index (χ4n) is 7.42. The molecule has 1 aliphatic rings. The van der Waals surface area contributed by atoms with Crippen LogP contribution in [0.1, 0.15) is 25.0 Å². The highest BCUT2D eigenvalue weighted by molar-refractivity contribution is 6.14. The second kappa shape index (κ2) is 10.1. The van der Waals surface area contributed by atoms with Crippen molar-refractivity contribution in [3.63, 3.8) is 0 Å². The third-order valence-electron chi connectivity index (χ3n) is 9.66. The molecule has 3 nitrogen and oxygen atoms in total.